The number of aryl methyl sites for hydroxylation is 2. The molecule has 21 heavy (non-hydrogen) atoms. The number of carbonyl (C=O) groups is 1. The lowest BCUT2D eigenvalue weighted by Gasteiger charge is -2.17. The molecule has 0 saturated heterocycles. The molecule has 0 amide bonds. The number of rotatable bonds is 6. The van der Waals surface area contributed by atoms with E-state index >= 15 is 0 Å². The summed E-state index contributed by atoms with van der Waals surface area (Å²) in [4.78, 5) is 12.0. The average molecular weight is 290 g/mol. The minimum atomic E-state index is -0.591. The van der Waals surface area contributed by atoms with Crippen molar-refractivity contribution < 1.29 is 18.7 Å². The third-order valence-corrected chi connectivity index (χ3v) is 3.54. The van der Waals surface area contributed by atoms with Crippen LogP contribution >= 0.6 is 0 Å². The minimum absolute atomic E-state index is 0.323. The van der Waals surface area contributed by atoms with Crippen molar-refractivity contribution in [2.45, 2.75) is 46.6 Å². The van der Waals surface area contributed by atoms with Crippen LogP contribution in [-0.4, -0.2) is 18.7 Å². The van der Waals surface area contributed by atoms with Gasteiger partial charge in [0.05, 0.1) is 6.61 Å². The van der Waals surface area contributed by atoms with E-state index in [1.165, 1.54) is 0 Å². The van der Waals surface area contributed by atoms with E-state index in [-0.39, 0.29) is 5.97 Å². The van der Waals surface area contributed by atoms with Crippen molar-refractivity contribution in [2.75, 3.05) is 6.61 Å². The van der Waals surface area contributed by atoms with E-state index in [1.54, 1.807) is 6.92 Å². The zero-order valence-electron chi connectivity index (χ0n) is 13.1. The molecule has 0 aliphatic carbocycles. The number of esters is 1. The van der Waals surface area contributed by atoms with Crippen molar-refractivity contribution in [2.24, 2.45) is 0 Å². The number of fused-ring (bicyclic) bond motifs is 1. The molecule has 0 aliphatic heterocycles. The first-order chi connectivity index (χ1) is 10.1. The molecule has 0 N–H and O–H groups in total. The van der Waals surface area contributed by atoms with Crippen LogP contribution in [0.5, 0.6) is 5.75 Å². The summed E-state index contributed by atoms with van der Waals surface area (Å²) in [5.41, 5.74) is 1.79. The molecule has 1 unspecified atom stereocenters. The fraction of sp³-hybridized carbons (Fsp3) is 0.471. The Kier molecular flexibility index (Phi) is 4.89. The van der Waals surface area contributed by atoms with E-state index < -0.39 is 6.10 Å². The molecule has 1 aromatic heterocycles. The van der Waals surface area contributed by atoms with Crippen LogP contribution in [0.25, 0.3) is 11.0 Å². The van der Waals surface area contributed by atoms with Crippen molar-refractivity contribution in [3.05, 3.63) is 29.5 Å². The van der Waals surface area contributed by atoms with Crippen LogP contribution in [0, 0.1) is 13.8 Å². The van der Waals surface area contributed by atoms with E-state index in [0.717, 1.165) is 23.1 Å². The molecule has 1 heterocycles. The van der Waals surface area contributed by atoms with Gasteiger partial charge in [0.2, 0.25) is 0 Å². The molecule has 0 bridgehead atoms. The second-order valence-corrected chi connectivity index (χ2v) is 5.06. The summed E-state index contributed by atoms with van der Waals surface area (Å²) < 4.78 is 16.7. The lowest BCUT2D eigenvalue weighted by molar-refractivity contribution is -0.151. The van der Waals surface area contributed by atoms with E-state index in [4.69, 9.17) is 13.9 Å². The fourth-order valence-corrected chi connectivity index (χ4v) is 2.30. The normalized spacial score (nSPS) is 12.4. The Morgan fingerprint density at radius 1 is 1.29 bits per heavy atom. The summed E-state index contributed by atoms with van der Waals surface area (Å²) in [5, 5.41) is 1.02. The summed E-state index contributed by atoms with van der Waals surface area (Å²) in [6.07, 6.45) is 0.870. The Morgan fingerprint density at radius 3 is 2.71 bits per heavy atom. The summed E-state index contributed by atoms with van der Waals surface area (Å²) in [5.74, 6) is 1.13. The number of para-hydroxylation sites is 1. The number of hydrogen-bond acceptors (Lipinski definition) is 4. The third kappa shape index (κ3) is 3.20. The van der Waals surface area contributed by atoms with Gasteiger partial charge in [0.25, 0.3) is 0 Å². The highest BCUT2D eigenvalue weighted by atomic mass is 16.6. The monoisotopic (exact) mass is 290 g/mol. The molecule has 0 radical (unpaired) electrons. The Morgan fingerprint density at radius 2 is 2.05 bits per heavy atom. The van der Waals surface area contributed by atoms with E-state index in [2.05, 4.69) is 0 Å². The second kappa shape index (κ2) is 6.66. The zero-order chi connectivity index (χ0) is 15.4. The van der Waals surface area contributed by atoms with Gasteiger partial charge in [-0.25, -0.2) is 4.79 Å². The Bertz CT molecular complexity index is 627. The van der Waals surface area contributed by atoms with Crippen LogP contribution in [0.3, 0.4) is 0 Å². The van der Waals surface area contributed by atoms with Crippen LogP contribution in [-0.2, 0) is 9.53 Å². The standard InChI is InChI=1S/C17H22O4/c1-5-8-15(17(18)19-6-2)21-14-10-7-9-13-11(3)12(4)20-16(13)14/h7,9-10,15H,5-6,8H2,1-4H3. The molecule has 2 rings (SSSR count). The predicted octanol–water partition coefficient (Wildman–Crippen LogP) is 4.16. The summed E-state index contributed by atoms with van der Waals surface area (Å²) >= 11 is 0. The van der Waals surface area contributed by atoms with E-state index in [1.807, 2.05) is 39.0 Å². The molecule has 2 aromatic rings. The number of benzene rings is 1. The molecule has 0 saturated carbocycles. The molecule has 4 heteroatoms. The smallest absolute Gasteiger partial charge is 0.347 e. The van der Waals surface area contributed by atoms with Gasteiger partial charge in [-0.15, -0.1) is 0 Å². The maximum Gasteiger partial charge on any atom is 0.347 e. The SMILES string of the molecule is CCCC(Oc1cccc2c(C)c(C)oc12)C(=O)OCC. The highest BCUT2D eigenvalue weighted by Crippen LogP contribution is 2.32. The van der Waals surface area contributed by atoms with Gasteiger partial charge < -0.3 is 13.9 Å². The van der Waals surface area contributed by atoms with Gasteiger partial charge in [0.15, 0.2) is 17.4 Å². The molecule has 4 nitrogen and oxygen atoms in total. The van der Waals surface area contributed by atoms with Crippen LogP contribution in [0.15, 0.2) is 22.6 Å². The highest BCUT2D eigenvalue weighted by Gasteiger charge is 2.23. The zero-order valence-corrected chi connectivity index (χ0v) is 13.1. The lowest BCUT2D eigenvalue weighted by atomic mass is 10.1. The molecular weight excluding hydrogens is 268 g/mol. The van der Waals surface area contributed by atoms with E-state index in [0.29, 0.717) is 24.4 Å². The minimum Gasteiger partial charge on any atom is -0.475 e. The maximum absolute atomic E-state index is 12.0. The van der Waals surface area contributed by atoms with Crippen molar-refractivity contribution >= 4 is 16.9 Å². The molecule has 0 spiro atoms. The summed E-state index contributed by atoms with van der Waals surface area (Å²) in [6.45, 7) is 8.09. The van der Waals surface area contributed by atoms with Crippen molar-refractivity contribution in [3.8, 4) is 5.75 Å². The molecular formula is C17H22O4. The largest absolute Gasteiger partial charge is 0.475 e. The van der Waals surface area contributed by atoms with Crippen molar-refractivity contribution in [3.63, 3.8) is 0 Å². The van der Waals surface area contributed by atoms with Crippen molar-refractivity contribution in [1.29, 1.82) is 0 Å². The van der Waals surface area contributed by atoms with Crippen molar-refractivity contribution in [1.82, 2.24) is 0 Å². The molecule has 0 fully saturated rings. The predicted molar refractivity (Wildman–Crippen MR) is 81.6 cm³/mol. The number of furan rings is 1. The highest BCUT2D eigenvalue weighted by molar-refractivity contribution is 5.87. The fourth-order valence-electron chi connectivity index (χ4n) is 2.30. The molecule has 0 aliphatic rings. The number of hydrogen-bond donors (Lipinski definition) is 0. The quantitative estimate of drug-likeness (QED) is 0.749. The summed E-state index contributed by atoms with van der Waals surface area (Å²) in [6, 6.07) is 5.73. The lowest BCUT2D eigenvalue weighted by Crippen LogP contribution is -2.29. The Balaban J connectivity index is 2.32. The van der Waals surface area contributed by atoms with Crippen LogP contribution in [0.2, 0.25) is 0 Å². The topological polar surface area (TPSA) is 48.7 Å². The van der Waals surface area contributed by atoms with Gasteiger partial charge in [-0.3, -0.25) is 0 Å². The third-order valence-electron chi connectivity index (χ3n) is 3.54. The van der Waals surface area contributed by atoms with Gasteiger partial charge in [0.1, 0.15) is 5.76 Å². The first-order valence-corrected chi connectivity index (χ1v) is 7.40. The first-order valence-electron chi connectivity index (χ1n) is 7.40. The van der Waals surface area contributed by atoms with Gasteiger partial charge in [-0.1, -0.05) is 25.5 Å². The Hall–Kier alpha value is -1.97. The first kappa shape index (κ1) is 15.4. The van der Waals surface area contributed by atoms with E-state index in [9.17, 15) is 4.79 Å². The maximum atomic E-state index is 12.0. The van der Waals surface area contributed by atoms with Crippen LogP contribution in [0.4, 0.5) is 0 Å². The number of carbonyl (C=O) groups excluding carboxylic acids is 1. The molecule has 114 valence electrons. The molecule has 1 aromatic carbocycles. The van der Waals surface area contributed by atoms with Gasteiger partial charge in [-0.05, 0) is 38.8 Å². The van der Waals surface area contributed by atoms with Gasteiger partial charge in [0, 0.05) is 5.39 Å². The summed E-state index contributed by atoms with van der Waals surface area (Å²) in [7, 11) is 0. The number of ether oxygens (including phenoxy) is 2. The molecule has 1 atom stereocenters. The average Bonchev–Trinajstić information content (AvgIpc) is 2.75. The van der Waals surface area contributed by atoms with Crippen LogP contribution in [0.1, 0.15) is 38.0 Å². The Labute approximate surface area is 125 Å². The van der Waals surface area contributed by atoms with Gasteiger partial charge >= 0.3 is 5.97 Å². The van der Waals surface area contributed by atoms with Gasteiger partial charge in [-0.2, -0.15) is 0 Å². The van der Waals surface area contributed by atoms with Crippen LogP contribution < -0.4 is 4.74 Å². The second-order valence-electron chi connectivity index (χ2n) is 5.06.